The van der Waals surface area contributed by atoms with Crippen molar-refractivity contribution in [1.29, 1.82) is 0 Å². The van der Waals surface area contributed by atoms with Gasteiger partial charge in [-0.3, -0.25) is 4.79 Å². The van der Waals surface area contributed by atoms with E-state index in [-0.39, 0.29) is 11.8 Å². The average Bonchev–Trinajstić information content (AvgIpc) is 3.33. The van der Waals surface area contributed by atoms with Crippen LogP contribution in [0.4, 0.5) is 11.5 Å². The summed E-state index contributed by atoms with van der Waals surface area (Å²) in [6.45, 7) is 3.40. The maximum Gasteiger partial charge on any atom is 0.254 e. The Labute approximate surface area is 208 Å². The van der Waals surface area contributed by atoms with Crippen molar-refractivity contribution >= 4 is 34.8 Å². The van der Waals surface area contributed by atoms with Crippen LogP contribution in [0.2, 0.25) is 5.02 Å². The molecule has 180 valence electrons. The van der Waals surface area contributed by atoms with Crippen molar-refractivity contribution in [3.63, 3.8) is 0 Å². The van der Waals surface area contributed by atoms with E-state index in [2.05, 4.69) is 37.4 Å². The van der Waals surface area contributed by atoms with Gasteiger partial charge in [-0.1, -0.05) is 41.9 Å². The van der Waals surface area contributed by atoms with Crippen molar-refractivity contribution in [1.82, 2.24) is 19.6 Å². The Bertz CT molecular complexity index is 1360. The number of hydrogen-bond donors (Lipinski definition) is 1. The lowest BCUT2D eigenvalue weighted by molar-refractivity contribution is -0.120. The lowest BCUT2D eigenvalue weighted by atomic mass is 9.95. The molecule has 35 heavy (non-hydrogen) atoms. The van der Waals surface area contributed by atoms with Gasteiger partial charge in [-0.15, -0.1) is 0 Å². The lowest BCUT2D eigenvalue weighted by Gasteiger charge is -2.35. The molecule has 9 heteroatoms. The molecule has 0 aliphatic carbocycles. The standard InChI is InChI=1S/C26H27ClN6O2/c1-17-21(13-18-7-4-3-5-8-18)25(33-26(30-17)28-16-29-33)32-12-6-9-19(15-32)24(34)31-22-14-20(27)10-11-23(22)35-2/h3-5,7-8,10-11,14,16,19H,6,9,12-13,15H2,1-2H3,(H,31,34)/t19-/m1/s1. The molecule has 0 bridgehead atoms. The molecule has 8 nitrogen and oxygen atoms in total. The van der Waals surface area contributed by atoms with Crippen molar-refractivity contribution in [2.75, 3.05) is 30.4 Å². The van der Waals surface area contributed by atoms with E-state index >= 15 is 0 Å². The zero-order valence-electron chi connectivity index (χ0n) is 19.7. The van der Waals surface area contributed by atoms with Crippen LogP contribution in [0, 0.1) is 12.8 Å². The summed E-state index contributed by atoms with van der Waals surface area (Å²) in [6, 6.07) is 15.5. The van der Waals surface area contributed by atoms with Gasteiger partial charge in [0.2, 0.25) is 5.91 Å². The number of benzene rings is 2. The number of carbonyl (C=O) groups is 1. The second-order valence-electron chi connectivity index (χ2n) is 8.75. The first kappa shape index (κ1) is 23.1. The highest BCUT2D eigenvalue weighted by atomic mass is 35.5. The number of aromatic nitrogens is 4. The van der Waals surface area contributed by atoms with E-state index in [4.69, 9.17) is 16.3 Å². The third-order valence-corrected chi connectivity index (χ3v) is 6.67. The first-order valence-electron chi connectivity index (χ1n) is 11.7. The Morgan fingerprint density at radius 3 is 2.86 bits per heavy atom. The van der Waals surface area contributed by atoms with Gasteiger partial charge in [0, 0.05) is 35.8 Å². The fourth-order valence-corrected chi connectivity index (χ4v) is 4.87. The molecule has 1 aliphatic heterocycles. The number of carbonyl (C=O) groups excluding carboxylic acids is 1. The molecule has 0 spiro atoms. The third kappa shape index (κ3) is 4.79. The van der Waals surface area contributed by atoms with Gasteiger partial charge in [-0.05, 0) is 43.5 Å². The summed E-state index contributed by atoms with van der Waals surface area (Å²) in [5, 5.41) is 8.04. The maximum absolute atomic E-state index is 13.3. The number of nitrogens with zero attached hydrogens (tertiary/aromatic N) is 5. The number of hydrogen-bond acceptors (Lipinski definition) is 6. The van der Waals surface area contributed by atoms with Gasteiger partial charge in [0.1, 0.15) is 17.9 Å². The van der Waals surface area contributed by atoms with E-state index in [0.717, 1.165) is 42.9 Å². The van der Waals surface area contributed by atoms with Gasteiger partial charge in [0.05, 0.1) is 18.7 Å². The molecule has 0 unspecified atom stereocenters. The minimum Gasteiger partial charge on any atom is -0.495 e. The molecule has 1 fully saturated rings. The van der Waals surface area contributed by atoms with Crippen LogP contribution < -0.4 is 15.0 Å². The van der Waals surface area contributed by atoms with Gasteiger partial charge in [-0.25, -0.2) is 4.98 Å². The summed E-state index contributed by atoms with van der Waals surface area (Å²) in [6.07, 6.45) is 3.92. The van der Waals surface area contributed by atoms with E-state index in [1.54, 1.807) is 29.8 Å². The largest absolute Gasteiger partial charge is 0.495 e. The van der Waals surface area contributed by atoms with Crippen molar-refractivity contribution in [2.45, 2.75) is 26.2 Å². The molecule has 4 aromatic rings. The maximum atomic E-state index is 13.3. The van der Waals surface area contributed by atoms with E-state index in [1.807, 2.05) is 25.1 Å². The molecule has 5 rings (SSSR count). The fraction of sp³-hybridized carbons (Fsp3) is 0.308. The van der Waals surface area contributed by atoms with Gasteiger partial charge in [0.25, 0.3) is 5.78 Å². The number of halogens is 1. The first-order chi connectivity index (χ1) is 17.0. The summed E-state index contributed by atoms with van der Waals surface area (Å²) < 4.78 is 7.19. The summed E-state index contributed by atoms with van der Waals surface area (Å²) in [5.74, 6) is 1.83. The topological polar surface area (TPSA) is 84.6 Å². The Kier molecular flexibility index (Phi) is 6.55. The zero-order chi connectivity index (χ0) is 24.4. The number of amides is 1. The van der Waals surface area contributed by atoms with Crippen molar-refractivity contribution in [3.8, 4) is 5.75 Å². The Morgan fingerprint density at radius 2 is 2.06 bits per heavy atom. The normalized spacial score (nSPS) is 15.9. The van der Waals surface area contributed by atoms with Crippen LogP contribution in [-0.4, -0.2) is 45.7 Å². The summed E-state index contributed by atoms with van der Waals surface area (Å²) in [4.78, 5) is 24.6. The number of methoxy groups -OCH3 is 1. The molecule has 3 heterocycles. The fourth-order valence-electron chi connectivity index (χ4n) is 4.70. The predicted molar refractivity (Wildman–Crippen MR) is 136 cm³/mol. The van der Waals surface area contributed by atoms with Gasteiger partial charge >= 0.3 is 0 Å². The lowest BCUT2D eigenvalue weighted by Crippen LogP contribution is -2.42. The minimum absolute atomic E-state index is 0.0551. The molecule has 2 aromatic heterocycles. The number of aryl methyl sites for hydroxylation is 1. The number of rotatable bonds is 6. The van der Waals surface area contributed by atoms with Crippen LogP contribution in [-0.2, 0) is 11.2 Å². The number of ether oxygens (including phenoxy) is 1. The van der Waals surface area contributed by atoms with E-state index < -0.39 is 0 Å². The zero-order valence-corrected chi connectivity index (χ0v) is 20.5. The Hall–Kier alpha value is -3.65. The second-order valence-corrected chi connectivity index (χ2v) is 9.19. The second kappa shape index (κ2) is 9.92. The molecule has 1 saturated heterocycles. The number of nitrogens with one attached hydrogen (secondary N) is 1. The number of fused-ring (bicyclic) bond motifs is 1. The van der Waals surface area contributed by atoms with Crippen LogP contribution in [0.3, 0.4) is 0 Å². The van der Waals surface area contributed by atoms with Crippen LogP contribution >= 0.6 is 11.6 Å². The molecular weight excluding hydrogens is 464 g/mol. The van der Waals surface area contributed by atoms with Gasteiger partial charge in [0.15, 0.2) is 0 Å². The Morgan fingerprint density at radius 1 is 1.23 bits per heavy atom. The summed E-state index contributed by atoms with van der Waals surface area (Å²) in [7, 11) is 1.57. The van der Waals surface area contributed by atoms with Crippen LogP contribution in [0.1, 0.15) is 29.7 Å². The highest BCUT2D eigenvalue weighted by Gasteiger charge is 2.30. The van der Waals surface area contributed by atoms with E-state index in [1.165, 1.54) is 11.9 Å². The third-order valence-electron chi connectivity index (χ3n) is 6.44. The summed E-state index contributed by atoms with van der Waals surface area (Å²) in [5.41, 5.74) is 3.77. The van der Waals surface area contributed by atoms with Crippen LogP contribution in [0.25, 0.3) is 5.78 Å². The average molecular weight is 491 g/mol. The molecule has 1 N–H and O–H groups in total. The van der Waals surface area contributed by atoms with Crippen molar-refractivity contribution in [2.24, 2.45) is 5.92 Å². The molecule has 1 aliphatic rings. The molecule has 0 radical (unpaired) electrons. The highest BCUT2D eigenvalue weighted by Crippen LogP contribution is 2.32. The first-order valence-corrected chi connectivity index (χ1v) is 12.0. The number of anilines is 2. The molecule has 1 atom stereocenters. The molecule has 0 saturated carbocycles. The Balaban J connectivity index is 1.45. The van der Waals surface area contributed by atoms with Crippen molar-refractivity contribution in [3.05, 3.63) is 76.7 Å². The predicted octanol–water partition coefficient (Wildman–Crippen LogP) is 4.54. The minimum atomic E-state index is -0.205. The van der Waals surface area contributed by atoms with Gasteiger partial charge < -0.3 is 15.0 Å². The van der Waals surface area contributed by atoms with Crippen molar-refractivity contribution < 1.29 is 9.53 Å². The molecular formula is C26H27ClN6O2. The summed E-state index contributed by atoms with van der Waals surface area (Å²) >= 11 is 6.15. The molecule has 2 aromatic carbocycles. The SMILES string of the molecule is COc1ccc(Cl)cc1NC(=O)[C@@H]1CCCN(c2c(Cc3ccccc3)c(C)nc3ncnn23)C1. The number of piperidine rings is 1. The van der Waals surface area contributed by atoms with E-state index in [9.17, 15) is 4.79 Å². The van der Waals surface area contributed by atoms with Crippen LogP contribution in [0.5, 0.6) is 5.75 Å². The molecule has 1 amide bonds. The highest BCUT2D eigenvalue weighted by molar-refractivity contribution is 6.31. The van der Waals surface area contributed by atoms with E-state index in [0.29, 0.717) is 28.8 Å². The quantitative estimate of drug-likeness (QED) is 0.427. The van der Waals surface area contributed by atoms with Gasteiger partial charge in [-0.2, -0.15) is 14.6 Å². The van der Waals surface area contributed by atoms with Crippen LogP contribution in [0.15, 0.2) is 54.9 Å². The smallest absolute Gasteiger partial charge is 0.254 e. The monoisotopic (exact) mass is 490 g/mol.